The van der Waals surface area contributed by atoms with E-state index < -0.39 is 28.5 Å². The molecule has 41 heavy (non-hydrogen) atoms. The fraction of sp³-hybridized carbons (Fsp3) is 0.355. The van der Waals surface area contributed by atoms with E-state index in [0.717, 1.165) is 36.4 Å². The molecule has 0 heterocycles. The van der Waals surface area contributed by atoms with Crippen molar-refractivity contribution in [3.63, 3.8) is 0 Å². The number of nitrogens with one attached hydrogen (secondary N) is 1. The Morgan fingerprint density at radius 2 is 1.66 bits per heavy atom. The molecule has 0 saturated heterocycles. The van der Waals surface area contributed by atoms with Crippen LogP contribution in [-0.4, -0.2) is 50.9 Å². The standard InChI is InChI=1S/C31H36ClN3O5S/c1-23(31(37)33-25-13-5-3-6-14-25)34(21-24-12-9-10-19-29(24)32)30(36)22-35(26-15-11-16-27(20-26)40-2)41(38,39)28-17-7-4-8-18-28/h4,7-12,15-20,23,25H,3,5-6,13-14,21-22H2,1-2H3,(H,33,37)/t23-/m0/s1. The van der Waals surface area contributed by atoms with Gasteiger partial charge in [0, 0.05) is 23.7 Å². The minimum absolute atomic E-state index is 0.0368. The van der Waals surface area contributed by atoms with Crippen molar-refractivity contribution in [2.24, 2.45) is 0 Å². The van der Waals surface area contributed by atoms with Gasteiger partial charge in [0.2, 0.25) is 11.8 Å². The van der Waals surface area contributed by atoms with Gasteiger partial charge < -0.3 is 15.0 Å². The van der Waals surface area contributed by atoms with Gasteiger partial charge in [-0.05, 0) is 55.7 Å². The normalized spacial score (nSPS) is 14.6. The SMILES string of the molecule is COc1cccc(N(CC(=O)N(Cc2ccccc2Cl)[C@@H](C)C(=O)NC2CCCCC2)S(=O)(=O)c2ccccc2)c1. The van der Waals surface area contributed by atoms with Gasteiger partial charge in [0.1, 0.15) is 18.3 Å². The van der Waals surface area contributed by atoms with Gasteiger partial charge in [-0.3, -0.25) is 13.9 Å². The molecule has 8 nitrogen and oxygen atoms in total. The number of carbonyl (C=O) groups is 2. The number of rotatable bonds is 11. The highest BCUT2D eigenvalue weighted by Crippen LogP contribution is 2.28. The number of carbonyl (C=O) groups excluding carboxylic acids is 2. The molecule has 2 amide bonds. The molecule has 0 aliphatic heterocycles. The summed E-state index contributed by atoms with van der Waals surface area (Å²) in [7, 11) is -2.67. The number of methoxy groups -OCH3 is 1. The highest BCUT2D eigenvalue weighted by Gasteiger charge is 2.33. The third-order valence-electron chi connectivity index (χ3n) is 7.37. The van der Waals surface area contributed by atoms with Gasteiger partial charge in [0.05, 0.1) is 17.7 Å². The maximum Gasteiger partial charge on any atom is 0.264 e. The van der Waals surface area contributed by atoms with Gasteiger partial charge in [-0.25, -0.2) is 8.42 Å². The second kappa shape index (κ2) is 13.9. The second-order valence-electron chi connectivity index (χ2n) is 10.2. The highest BCUT2D eigenvalue weighted by molar-refractivity contribution is 7.92. The number of amides is 2. The van der Waals surface area contributed by atoms with Crippen molar-refractivity contribution in [2.45, 2.75) is 62.6 Å². The van der Waals surface area contributed by atoms with Crippen LogP contribution in [0.3, 0.4) is 0 Å². The fourth-order valence-electron chi connectivity index (χ4n) is 4.98. The van der Waals surface area contributed by atoms with Gasteiger partial charge in [0.15, 0.2) is 0 Å². The van der Waals surface area contributed by atoms with Crippen molar-refractivity contribution >= 4 is 39.1 Å². The van der Waals surface area contributed by atoms with Crippen LogP contribution in [0.1, 0.15) is 44.6 Å². The fourth-order valence-corrected chi connectivity index (χ4v) is 6.60. The first-order valence-corrected chi connectivity index (χ1v) is 15.6. The average molecular weight is 598 g/mol. The summed E-state index contributed by atoms with van der Waals surface area (Å²) < 4.78 is 34.1. The summed E-state index contributed by atoms with van der Waals surface area (Å²) >= 11 is 6.44. The van der Waals surface area contributed by atoms with Crippen molar-refractivity contribution in [2.75, 3.05) is 18.0 Å². The Morgan fingerprint density at radius 3 is 2.34 bits per heavy atom. The van der Waals surface area contributed by atoms with Crippen LogP contribution in [0.25, 0.3) is 0 Å². The molecule has 1 aliphatic rings. The van der Waals surface area contributed by atoms with E-state index in [2.05, 4.69) is 5.32 Å². The minimum atomic E-state index is -4.15. The highest BCUT2D eigenvalue weighted by atomic mass is 35.5. The van der Waals surface area contributed by atoms with Crippen LogP contribution >= 0.6 is 11.6 Å². The van der Waals surface area contributed by atoms with Crippen LogP contribution < -0.4 is 14.4 Å². The molecule has 0 radical (unpaired) electrons. The smallest absolute Gasteiger partial charge is 0.264 e. The third kappa shape index (κ3) is 7.59. The van der Waals surface area contributed by atoms with E-state index in [1.54, 1.807) is 73.7 Å². The van der Waals surface area contributed by atoms with E-state index in [0.29, 0.717) is 16.3 Å². The molecule has 10 heteroatoms. The minimum Gasteiger partial charge on any atom is -0.497 e. The number of halogens is 1. The molecule has 1 saturated carbocycles. The summed E-state index contributed by atoms with van der Waals surface area (Å²) in [6.07, 6.45) is 5.05. The van der Waals surface area contributed by atoms with Crippen LogP contribution in [0.4, 0.5) is 5.69 Å². The maximum atomic E-state index is 14.1. The summed E-state index contributed by atoms with van der Waals surface area (Å²) in [6, 6.07) is 20.7. The monoisotopic (exact) mass is 597 g/mol. The summed E-state index contributed by atoms with van der Waals surface area (Å²) in [5.74, 6) is -0.383. The molecule has 0 spiro atoms. The Labute approximate surface area is 247 Å². The van der Waals surface area contributed by atoms with Gasteiger partial charge in [0.25, 0.3) is 10.0 Å². The molecular formula is C31H36ClN3O5S. The molecule has 4 rings (SSSR count). The predicted octanol–water partition coefficient (Wildman–Crippen LogP) is 5.41. The molecule has 3 aromatic carbocycles. The summed E-state index contributed by atoms with van der Waals surface area (Å²) in [5, 5.41) is 3.55. The lowest BCUT2D eigenvalue weighted by Crippen LogP contribution is -2.53. The molecule has 1 atom stereocenters. The Balaban J connectivity index is 1.69. The van der Waals surface area contributed by atoms with Crippen molar-refractivity contribution in [1.29, 1.82) is 0 Å². The zero-order chi connectivity index (χ0) is 29.4. The first-order chi connectivity index (χ1) is 19.7. The molecule has 1 N–H and O–H groups in total. The Kier molecular flexibility index (Phi) is 10.3. The van der Waals surface area contributed by atoms with Crippen LogP contribution in [0.15, 0.2) is 83.8 Å². The van der Waals surface area contributed by atoms with Crippen molar-refractivity contribution in [1.82, 2.24) is 10.2 Å². The van der Waals surface area contributed by atoms with Crippen molar-refractivity contribution < 1.29 is 22.7 Å². The Bertz CT molecular complexity index is 1440. The van der Waals surface area contributed by atoms with E-state index >= 15 is 0 Å². The van der Waals surface area contributed by atoms with Crippen molar-refractivity contribution in [3.8, 4) is 5.75 Å². The maximum absolute atomic E-state index is 14.1. The molecule has 0 bridgehead atoms. The largest absolute Gasteiger partial charge is 0.497 e. The van der Waals surface area contributed by atoms with Gasteiger partial charge in [-0.1, -0.05) is 73.3 Å². The first kappa shape index (κ1) is 30.4. The van der Waals surface area contributed by atoms with E-state index in [1.807, 2.05) is 0 Å². The van der Waals surface area contributed by atoms with Gasteiger partial charge in [-0.2, -0.15) is 0 Å². The van der Waals surface area contributed by atoms with Crippen LogP contribution in [-0.2, 0) is 26.2 Å². The quantitative estimate of drug-likeness (QED) is 0.319. The molecule has 0 aromatic heterocycles. The molecule has 0 unspecified atom stereocenters. The summed E-state index contributed by atoms with van der Waals surface area (Å²) in [5.41, 5.74) is 0.914. The van der Waals surface area contributed by atoms with Crippen LogP contribution in [0.2, 0.25) is 5.02 Å². The lowest BCUT2D eigenvalue weighted by atomic mass is 9.95. The number of hydrogen-bond acceptors (Lipinski definition) is 5. The molecule has 1 fully saturated rings. The third-order valence-corrected chi connectivity index (χ3v) is 9.53. The number of anilines is 1. The molecular weight excluding hydrogens is 562 g/mol. The number of nitrogens with zero attached hydrogens (tertiary/aromatic N) is 2. The zero-order valence-electron chi connectivity index (χ0n) is 23.3. The summed E-state index contributed by atoms with van der Waals surface area (Å²) in [6.45, 7) is 1.17. The van der Waals surface area contributed by atoms with Crippen LogP contribution in [0.5, 0.6) is 5.75 Å². The number of hydrogen-bond donors (Lipinski definition) is 1. The van der Waals surface area contributed by atoms with E-state index in [-0.39, 0.29) is 29.1 Å². The second-order valence-corrected chi connectivity index (χ2v) is 12.4. The summed E-state index contributed by atoms with van der Waals surface area (Å²) in [4.78, 5) is 28.9. The van der Waals surface area contributed by atoms with E-state index in [4.69, 9.17) is 16.3 Å². The molecule has 1 aliphatic carbocycles. The topological polar surface area (TPSA) is 96.0 Å². The van der Waals surface area contributed by atoms with Crippen LogP contribution in [0, 0.1) is 0 Å². The number of ether oxygens (including phenoxy) is 1. The lowest BCUT2D eigenvalue weighted by Gasteiger charge is -2.33. The van der Waals surface area contributed by atoms with E-state index in [1.165, 1.54) is 24.1 Å². The van der Waals surface area contributed by atoms with E-state index in [9.17, 15) is 18.0 Å². The molecule has 218 valence electrons. The lowest BCUT2D eigenvalue weighted by molar-refractivity contribution is -0.139. The first-order valence-electron chi connectivity index (χ1n) is 13.8. The molecule has 3 aromatic rings. The number of sulfonamides is 1. The van der Waals surface area contributed by atoms with Gasteiger partial charge >= 0.3 is 0 Å². The Hall–Kier alpha value is -3.56. The number of benzene rings is 3. The predicted molar refractivity (Wildman–Crippen MR) is 160 cm³/mol. The Morgan fingerprint density at radius 1 is 0.976 bits per heavy atom. The zero-order valence-corrected chi connectivity index (χ0v) is 24.9. The van der Waals surface area contributed by atoms with Crippen molar-refractivity contribution in [3.05, 3.63) is 89.4 Å². The van der Waals surface area contributed by atoms with Gasteiger partial charge in [-0.15, -0.1) is 0 Å². The average Bonchev–Trinajstić information content (AvgIpc) is 2.99.